The van der Waals surface area contributed by atoms with Gasteiger partial charge in [-0.2, -0.15) is 0 Å². The van der Waals surface area contributed by atoms with E-state index in [1.54, 1.807) is 26.4 Å². The van der Waals surface area contributed by atoms with Crippen molar-refractivity contribution in [2.45, 2.75) is 37.2 Å². The highest BCUT2D eigenvalue weighted by molar-refractivity contribution is 5.67. The van der Waals surface area contributed by atoms with E-state index in [9.17, 15) is 20.4 Å². The lowest BCUT2D eigenvalue weighted by Gasteiger charge is -2.41. The van der Waals surface area contributed by atoms with Crippen LogP contribution in [-0.4, -0.2) is 92.3 Å². The third kappa shape index (κ3) is 4.19. The topological polar surface area (TPSA) is 173 Å². The van der Waals surface area contributed by atoms with Gasteiger partial charge in [0.1, 0.15) is 42.8 Å². The fourth-order valence-corrected chi connectivity index (χ4v) is 3.92. The lowest BCUT2D eigenvalue weighted by atomic mass is 9.98. The van der Waals surface area contributed by atoms with Crippen LogP contribution in [0.5, 0.6) is 17.2 Å². The summed E-state index contributed by atoms with van der Waals surface area (Å²) in [7, 11) is 4.63. The molecular formula is C21H27N5O8. The number of hydrogen-bond acceptors (Lipinski definition) is 12. The molecule has 1 aromatic rings. The van der Waals surface area contributed by atoms with Crippen LogP contribution in [0.4, 0.5) is 5.82 Å². The summed E-state index contributed by atoms with van der Waals surface area (Å²) in [6, 6.07) is 3.52. The second-order valence-corrected chi connectivity index (χ2v) is 7.64. The number of nitrogens with one attached hydrogen (secondary N) is 1. The third-order valence-corrected chi connectivity index (χ3v) is 5.71. The first kappa shape index (κ1) is 23.9. The normalized spacial score (nSPS) is 24.7. The maximum atomic E-state index is 10.5. The predicted octanol–water partition coefficient (Wildman–Crippen LogP) is -0.612. The predicted molar refractivity (Wildman–Crippen MR) is 117 cm³/mol. The maximum absolute atomic E-state index is 10.5. The third-order valence-electron chi connectivity index (χ3n) is 5.71. The van der Waals surface area contributed by atoms with Crippen LogP contribution in [0.25, 0.3) is 11.5 Å². The lowest BCUT2D eigenvalue weighted by molar-refractivity contribution is -0.251. The molecule has 0 spiro atoms. The Bertz CT molecular complexity index is 1090. The van der Waals surface area contributed by atoms with Crippen LogP contribution < -0.4 is 19.5 Å². The van der Waals surface area contributed by atoms with Gasteiger partial charge in [-0.15, -0.1) is 0 Å². The van der Waals surface area contributed by atoms with Crippen molar-refractivity contribution in [2.75, 3.05) is 33.3 Å². The minimum Gasteiger partial charge on any atom is -0.497 e. The van der Waals surface area contributed by atoms with Crippen LogP contribution in [0, 0.1) is 0 Å². The molecule has 0 aromatic heterocycles. The van der Waals surface area contributed by atoms with Gasteiger partial charge in [0.05, 0.1) is 27.9 Å². The summed E-state index contributed by atoms with van der Waals surface area (Å²) in [4.78, 5) is 12.9. The summed E-state index contributed by atoms with van der Waals surface area (Å²) < 4.78 is 23.2. The largest absolute Gasteiger partial charge is 0.497 e. The fourth-order valence-electron chi connectivity index (χ4n) is 3.92. The van der Waals surface area contributed by atoms with Crippen molar-refractivity contribution >= 4 is 5.82 Å². The van der Waals surface area contributed by atoms with Crippen molar-refractivity contribution < 1.29 is 39.4 Å². The first-order valence-electron chi connectivity index (χ1n) is 10.4. The molecule has 184 valence electrons. The molecular weight excluding hydrogens is 450 g/mol. The van der Waals surface area contributed by atoms with Gasteiger partial charge in [0.2, 0.25) is 0 Å². The number of aromatic nitrogens is 4. The number of ether oxygens (including phenoxy) is 4. The molecule has 0 saturated carbocycles. The van der Waals surface area contributed by atoms with E-state index in [0.717, 1.165) is 5.56 Å². The van der Waals surface area contributed by atoms with E-state index in [-0.39, 0.29) is 6.54 Å². The number of fused-ring (bicyclic) bond motifs is 1. The number of methoxy groups -OCH3 is 3. The molecule has 1 unspecified atom stereocenters. The summed E-state index contributed by atoms with van der Waals surface area (Å²) in [6.45, 7) is -0.257. The van der Waals surface area contributed by atoms with Gasteiger partial charge in [0.25, 0.3) is 0 Å². The Morgan fingerprint density at radius 1 is 1.00 bits per heavy atom. The van der Waals surface area contributed by atoms with Gasteiger partial charge in [-0.05, 0) is 6.07 Å². The summed E-state index contributed by atoms with van der Waals surface area (Å²) in [6.07, 6.45) is -4.02. The highest BCUT2D eigenvalue weighted by Crippen LogP contribution is 2.37. The number of rotatable bonds is 8. The average molecular weight is 477 g/mol. The highest BCUT2D eigenvalue weighted by atomic mass is 16.6. The van der Waals surface area contributed by atoms with Crippen LogP contribution in [0.15, 0.2) is 24.8 Å². The number of hydrogen-bond donors (Lipinski definition) is 5. The molecule has 0 aliphatic carbocycles. The van der Waals surface area contributed by atoms with E-state index in [2.05, 4.69) is 20.3 Å². The number of nitrogens with zero attached hydrogens (tertiary/aromatic N) is 4. The van der Waals surface area contributed by atoms with E-state index >= 15 is 0 Å². The van der Waals surface area contributed by atoms with Crippen molar-refractivity contribution in [1.29, 1.82) is 0 Å². The van der Waals surface area contributed by atoms with Gasteiger partial charge in [-0.1, -0.05) is 0 Å². The first-order chi connectivity index (χ1) is 16.4. The zero-order valence-electron chi connectivity index (χ0n) is 18.8. The number of anilines is 1. The van der Waals surface area contributed by atoms with E-state index in [1.807, 2.05) is 0 Å². The van der Waals surface area contributed by atoms with Gasteiger partial charge < -0.3 is 44.7 Å². The summed E-state index contributed by atoms with van der Waals surface area (Å²) in [5.74, 6) is 2.36. The molecule has 0 bridgehead atoms. The Hall–Kier alpha value is -3.23. The molecule has 13 nitrogen and oxygen atoms in total. The molecule has 1 fully saturated rings. The maximum Gasteiger partial charge on any atom is 0.167 e. The van der Waals surface area contributed by atoms with Crippen LogP contribution in [0.3, 0.4) is 0 Å². The van der Waals surface area contributed by atoms with Crippen molar-refractivity contribution in [2.24, 2.45) is 0 Å². The van der Waals surface area contributed by atoms with Crippen molar-refractivity contribution in [3.05, 3.63) is 30.4 Å². The molecule has 1 saturated heterocycles. The SMILES string of the molecule is COc1cc(CNc2ncn(C3O[C@H](CO)[C@@H](O)[C@H](O)[C@H]3O)c3ncnc2-3)c(OC)c(OC)c1. The molecule has 1 aromatic carbocycles. The summed E-state index contributed by atoms with van der Waals surface area (Å²) in [5.41, 5.74) is 1.13. The summed E-state index contributed by atoms with van der Waals surface area (Å²) >= 11 is 0. The minimum atomic E-state index is -1.53. The molecule has 3 heterocycles. The van der Waals surface area contributed by atoms with Gasteiger partial charge in [-0.25, -0.2) is 15.0 Å². The van der Waals surface area contributed by atoms with Crippen molar-refractivity contribution in [3.63, 3.8) is 0 Å². The van der Waals surface area contributed by atoms with Crippen molar-refractivity contribution in [3.8, 4) is 28.8 Å². The van der Waals surface area contributed by atoms with Gasteiger partial charge in [0, 0.05) is 18.2 Å². The van der Waals surface area contributed by atoms with E-state index in [1.165, 1.54) is 24.3 Å². The minimum absolute atomic E-state index is 0.287. The average Bonchev–Trinajstić information content (AvgIpc) is 3.36. The monoisotopic (exact) mass is 477 g/mol. The van der Waals surface area contributed by atoms with Crippen LogP contribution in [-0.2, 0) is 11.3 Å². The first-order valence-corrected chi connectivity index (χ1v) is 10.4. The molecule has 0 amide bonds. The van der Waals surface area contributed by atoms with Gasteiger partial charge in [-0.3, -0.25) is 4.57 Å². The second kappa shape index (κ2) is 9.95. The Kier molecular flexibility index (Phi) is 7.00. The molecule has 5 N–H and O–H groups in total. The number of imidazole rings is 1. The molecule has 13 heteroatoms. The van der Waals surface area contributed by atoms with Crippen molar-refractivity contribution in [1.82, 2.24) is 19.5 Å². The zero-order valence-corrected chi connectivity index (χ0v) is 18.8. The Morgan fingerprint density at radius 2 is 1.79 bits per heavy atom. The number of aliphatic hydroxyl groups is 4. The standard InChI is InChI=1S/C21H27N5O8/c1-31-11-4-10(18(33-3)12(5-11)32-2)6-22-19-14-20(24-8-23-14)26(9-25-19)21-17(30)16(29)15(28)13(7-27)34-21/h4-5,8-9,13,15-17,21-22,27-30H,6-7H2,1-3H3/t13-,15-,16+,17-,21?/m1/s1. The fraction of sp³-hybridized carbons (Fsp3) is 0.476. The van der Waals surface area contributed by atoms with Gasteiger partial charge >= 0.3 is 0 Å². The second-order valence-electron chi connectivity index (χ2n) is 7.64. The molecule has 34 heavy (non-hydrogen) atoms. The summed E-state index contributed by atoms with van der Waals surface area (Å²) in [5, 5.41) is 43.3. The quantitative estimate of drug-likeness (QED) is 0.279. The molecule has 0 radical (unpaired) electrons. The van der Waals surface area contributed by atoms with Crippen LogP contribution in [0.1, 0.15) is 11.8 Å². The zero-order chi connectivity index (χ0) is 24.4. The lowest BCUT2D eigenvalue weighted by Crippen LogP contribution is -2.56. The molecule has 5 atom stereocenters. The Balaban J connectivity index is 1.63. The smallest absolute Gasteiger partial charge is 0.167 e. The Labute approximate surface area is 194 Å². The van der Waals surface area contributed by atoms with E-state index in [4.69, 9.17) is 18.9 Å². The number of aliphatic hydroxyl groups excluding tert-OH is 4. The Morgan fingerprint density at radius 3 is 2.47 bits per heavy atom. The molecule has 4 rings (SSSR count). The molecule has 3 aliphatic heterocycles. The molecule has 3 aliphatic rings. The van der Waals surface area contributed by atoms with E-state index < -0.39 is 37.3 Å². The highest BCUT2D eigenvalue weighted by Gasteiger charge is 2.45. The van der Waals surface area contributed by atoms with E-state index in [0.29, 0.717) is 34.6 Å². The van der Waals surface area contributed by atoms with Crippen LogP contribution in [0.2, 0.25) is 0 Å². The number of benzene rings is 1. The van der Waals surface area contributed by atoms with Crippen LogP contribution >= 0.6 is 0 Å². The van der Waals surface area contributed by atoms with Gasteiger partial charge in [0.15, 0.2) is 35.1 Å².